The van der Waals surface area contributed by atoms with Crippen LogP contribution in [0.5, 0.6) is 0 Å². The maximum atomic E-state index is 13.3. The molecule has 3 fully saturated rings. The van der Waals surface area contributed by atoms with E-state index >= 15 is 0 Å². The van der Waals surface area contributed by atoms with Gasteiger partial charge in [0.25, 0.3) is 0 Å². The van der Waals surface area contributed by atoms with Gasteiger partial charge in [-0.1, -0.05) is 162 Å². The molecule has 12 N–H and O–H groups in total. The lowest BCUT2D eigenvalue weighted by Crippen LogP contribution is -2.66. The van der Waals surface area contributed by atoms with Crippen LogP contribution in [0.1, 0.15) is 142 Å². The first-order valence-electron chi connectivity index (χ1n) is 29.0. The van der Waals surface area contributed by atoms with E-state index in [1.165, 1.54) is 51.4 Å². The van der Waals surface area contributed by atoms with E-state index in [1.54, 1.807) is 6.08 Å². The molecule has 0 aromatic rings. The average Bonchev–Trinajstić information content (AvgIpc) is 3.47. The second kappa shape index (κ2) is 42.5. The molecule has 19 heteroatoms. The maximum Gasteiger partial charge on any atom is 0.220 e. The first-order chi connectivity index (χ1) is 38.3. The lowest BCUT2D eigenvalue weighted by atomic mass is 9.96. The molecule has 3 saturated heterocycles. The summed E-state index contributed by atoms with van der Waals surface area (Å²) in [5, 5.41) is 120. The van der Waals surface area contributed by atoms with E-state index in [1.807, 2.05) is 18.2 Å². The summed E-state index contributed by atoms with van der Waals surface area (Å²) in [5.74, 6) is -0.373. The fourth-order valence-corrected chi connectivity index (χ4v) is 9.11. The summed E-state index contributed by atoms with van der Waals surface area (Å²) in [6.07, 6.45) is 25.5. The number of rotatable bonds is 40. The minimum absolute atomic E-state index is 0.104. The van der Waals surface area contributed by atoms with E-state index in [0.29, 0.717) is 19.3 Å². The Balaban J connectivity index is 1.56. The van der Waals surface area contributed by atoms with E-state index in [4.69, 9.17) is 28.4 Å². The Labute approximate surface area is 469 Å². The minimum Gasteiger partial charge on any atom is -0.394 e. The molecule has 0 aromatic heterocycles. The second-order valence-electron chi connectivity index (χ2n) is 20.4. The van der Waals surface area contributed by atoms with Gasteiger partial charge in [0.2, 0.25) is 5.91 Å². The van der Waals surface area contributed by atoms with Crippen LogP contribution in [-0.4, -0.2) is 193 Å². The highest BCUT2D eigenvalue weighted by molar-refractivity contribution is 5.76. The van der Waals surface area contributed by atoms with Crippen molar-refractivity contribution >= 4 is 5.91 Å². The fraction of sp³-hybridized carbons (Fsp3) is 0.717. The van der Waals surface area contributed by atoms with Gasteiger partial charge in [0, 0.05) is 6.42 Å². The Morgan fingerprint density at radius 3 is 1.41 bits per heavy atom. The fourth-order valence-electron chi connectivity index (χ4n) is 9.11. The van der Waals surface area contributed by atoms with Crippen LogP contribution in [0.3, 0.4) is 0 Å². The Morgan fingerprint density at radius 2 is 0.886 bits per heavy atom. The van der Waals surface area contributed by atoms with Gasteiger partial charge < -0.3 is 89.9 Å². The van der Waals surface area contributed by atoms with Crippen molar-refractivity contribution in [2.45, 2.75) is 247 Å². The number of carbonyl (C=O) groups excluding carboxylic acids is 1. The molecule has 3 aliphatic heterocycles. The molecule has 17 atom stereocenters. The Morgan fingerprint density at radius 1 is 0.468 bits per heavy atom. The second-order valence-corrected chi connectivity index (χ2v) is 20.4. The van der Waals surface area contributed by atoms with E-state index < -0.39 is 131 Å². The number of hydrogen-bond acceptors (Lipinski definition) is 18. The van der Waals surface area contributed by atoms with Gasteiger partial charge in [-0.3, -0.25) is 4.79 Å². The number of amides is 1. The van der Waals surface area contributed by atoms with Gasteiger partial charge in [-0.15, -0.1) is 0 Å². The molecule has 19 nitrogen and oxygen atoms in total. The normalized spacial score (nSPS) is 31.0. The lowest BCUT2D eigenvalue weighted by molar-refractivity contribution is -0.379. The SMILES string of the molecule is CC/C=C\C/C=C\C/C=C\C/C=C\C/C=C\C/C=C\CCC(=O)NC(COC1OC(CO)C(OC2OC(CO)C(OC3OC(CO)C(O)C(O)C3O)C(O)C2O)C(O)C1O)C(O)/C=C/CC/C=C/CCCCCCCCCCC. The summed E-state index contributed by atoms with van der Waals surface area (Å²) in [4.78, 5) is 13.3. The molecule has 452 valence electrons. The van der Waals surface area contributed by atoms with Crippen molar-refractivity contribution < 1.29 is 89.4 Å². The van der Waals surface area contributed by atoms with Crippen molar-refractivity contribution in [2.75, 3.05) is 26.4 Å². The molecule has 17 unspecified atom stereocenters. The van der Waals surface area contributed by atoms with Gasteiger partial charge in [0.15, 0.2) is 18.9 Å². The number of allylic oxidation sites excluding steroid dienone is 15. The predicted octanol–water partition coefficient (Wildman–Crippen LogP) is 4.59. The van der Waals surface area contributed by atoms with Crippen molar-refractivity contribution in [3.63, 3.8) is 0 Å². The number of aliphatic hydroxyl groups is 11. The Kier molecular flexibility index (Phi) is 37.7. The molecule has 0 radical (unpaired) electrons. The highest BCUT2D eigenvalue weighted by Gasteiger charge is 2.53. The standard InChI is InChI=1S/C60H99NO18/c1-3-5-7-9-11-13-15-17-19-20-21-22-24-26-28-30-32-34-36-38-48(66)61-43(44(65)37-35-33-31-29-27-25-23-18-16-14-12-10-8-6-4-2)42-74-58-54(72)51(69)56(46(40-63)76-58)79-60-55(73)52(70)57(47(41-64)77-60)78-59-53(71)50(68)49(67)45(39-62)75-59/h5,7,11,13,17,19,21-22,26-29,32,34-35,37,43-47,49-60,62-65,67-73H,3-4,6,8-10,12,14-16,18,20,23-25,30-31,33,36,38-42H2,1-2H3,(H,61,66)/b7-5-,13-11-,19-17-,22-21-,28-26-,29-27+,34-32-,37-35+. The van der Waals surface area contributed by atoms with Crippen LogP contribution in [0.4, 0.5) is 0 Å². The van der Waals surface area contributed by atoms with Gasteiger partial charge in [-0.25, -0.2) is 0 Å². The molecule has 0 aromatic carbocycles. The minimum atomic E-state index is -1.99. The summed E-state index contributed by atoms with van der Waals surface area (Å²) in [6.45, 7) is 1.49. The quantitative estimate of drug-likeness (QED) is 0.0295. The number of carbonyl (C=O) groups is 1. The zero-order chi connectivity index (χ0) is 57.6. The lowest BCUT2D eigenvalue weighted by Gasteiger charge is -2.48. The molecule has 0 saturated carbocycles. The van der Waals surface area contributed by atoms with E-state index in [-0.39, 0.29) is 12.3 Å². The molecule has 0 aliphatic carbocycles. The van der Waals surface area contributed by atoms with Gasteiger partial charge >= 0.3 is 0 Å². The van der Waals surface area contributed by atoms with E-state index in [0.717, 1.165) is 51.4 Å². The third-order valence-electron chi connectivity index (χ3n) is 13.9. The Hall–Kier alpha value is -3.29. The molecule has 3 rings (SSSR count). The molecule has 79 heavy (non-hydrogen) atoms. The van der Waals surface area contributed by atoms with Crippen LogP contribution >= 0.6 is 0 Å². The summed E-state index contributed by atoms with van der Waals surface area (Å²) in [5.41, 5.74) is 0. The number of ether oxygens (including phenoxy) is 6. The van der Waals surface area contributed by atoms with Gasteiger partial charge in [0.1, 0.15) is 73.2 Å². The third-order valence-corrected chi connectivity index (χ3v) is 13.9. The van der Waals surface area contributed by atoms with E-state index in [2.05, 4.69) is 92.1 Å². The van der Waals surface area contributed by atoms with Crippen LogP contribution in [0.25, 0.3) is 0 Å². The van der Waals surface area contributed by atoms with Gasteiger partial charge in [0.05, 0.1) is 38.6 Å². The number of nitrogens with one attached hydrogen (secondary N) is 1. The van der Waals surface area contributed by atoms with Crippen molar-refractivity contribution in [3.8, 4) is 0 Å². The summed E-state index contributed by atoms with van der Waals surface area (Å²) >= 11 is 0. The topological polar surface area (TPSA) is 307 Å². The number of hydrogen-bond donors (Lipinski definition) is 12. The molecular weight excluding hydrogens is 1020 g/mol. The molecule has 1 amide bonds. The van der Waals surface area contributed by atoms with Crippen LogP contribution in [-0.2, 0) is 33.2 Å². The van der Waals surface area contributed by atoms with Gasteiger partial charge in [-0.05, 0) is 70.6 Å². The number of aliphatic hydroxyl groups excluding tert-OH is 11. The zero-order valence-corrected chi connectivity index (χ0v) is 46.8. The molecular formula is C60H99NO18. The first-order valence-corrected chi connectivity index (χ1v) is 29.0. The summed E-state index contributed by atoms with van der Waals surface area (Å²) in [6, 6.07) is -1.04. The third kappa shape index (κ3) is 26.7. The maximum absolute atomic E-state index is 13.3. The largest absolute Gasteiger partial charge is 0.394 e. The molecule has 0 bridgehead atoms. The van der Waals surface area contributed by atoms with Crippen LogP contribution in [0.2, 0.25) is 0 Å². The smallest absolute Gasteiger partial charge is 0.220 e. The van der Waals surface area contributed by atoms with Crippen molar-refractivity contribution in [2.24, 2.45) is 0 Å². The van der Waals surface area contributed by atoms with Crippen LogP contribution < -0.4 is 5.32 Å². The van der Waals surface area contributed by atoms with Crippen LogP contribution in [0.15, 0.2) is 97.2 Å². The Bertz CT molecular complexity index is 1820. The predicted molar refractivity (Wildman–Crippen MR) is 300 cm³/mol. The molecule has 3 heterocycles. The molecule has 0 spiro atoms. The monoisotopic (exact) mass is 1120 g/mol. The zero-order valence-electron chi connectivity index (χ0n) is 46.8. The van der Waals surface area contributed by atoms with Gasteiger partial charge in [-0.2, -0.15) is 0 Å². The van der Waals surface area contributed by atoms with Crippen molar-refractivity contribution in [1.82, 2.24) is 5.32 Å². The average molecular weight is 1120 g/mol. The molecule has 3 aliphatic rings. The van der Waals surface area contributed by atoms with E-state index in [9.17, 15) is 61.0 Å². The summed E-state index contributed by atoms with van der Waals surface area (Å²) in [7, 11) is 0. The highest BCUT2D eigenvalue weighted by atomic mass is 16.8. The number of unbranched alkanes of at least 4 members (excludes halogenated alkanes) is 10. The van der Waals surface area contributed by atoms with Crippen molar-refractivity contribution in [3.05, 3.63) is 97.2 Å². The highest BCUT2D eigenvalue weighted by Crippen LogP contribution is 2.33. The summed E-state index contributed by atoms with van der Waals surface area (Å²) < 4.78 is 34.1. The van der Waals surface area contributed by atoms with Crippen LogP contribution in [0, 0.1) is 0 Å². The van der Waals surface area contributed by atoms with Crippen molar-refractivity contribution in [1.29, 1.82) is 0 Å². The first kappa shape index (κ1) is 70.0.